The van der Waals surface area contributed by atoms with Crippen LogP contribution in [-0.2, 0) is 19.5 Å². The van der Waals surface area contributed by atoms with Gasteiger partial charge in [-0.15, -0.1) is 0 Å². The summed E-state index contributed by atoms with van der Waals surface area (Å²) < 4.78 is 15.4. The van der Waals surface area contributed by atoms with E-state index in [0.717, 1.165) is 55.7 Å². The van der Waals surface area contributed by atoms with Crippen LogP contribution < -0.4 is 5.56 Å². The molecule has 7 heteroatoms. The average Bonchev–Trinajstić information content (AvgIpc) is 2.79. The lowest BCUT2D eigenvalue weighted by Gasteiger charge is -2.32. The highest BCUT2D eigenvalue weighted by Gasteiger charge is 2.18. The number of halogens is 2. The van der Waals surface area contributed by atoms with Gasteiger partial charge in [-0.25, -0.2) is 9.07 Å². The Labute approximate surface area is 199 Å². The Balaban J connectivity index is 1.60. The molecule has 1 aliphatic heterocycles. The first-order valence-electron chi connectivity index (χ1n) is 11.4. The monoisotopic (exact) mass is 468 g/mol. The number of aryl methyl sites for hydroxylation is 3. The van der Waals surface area contributed by atoms with Crippen molar-refractivity contribution < 1.29 is 4.39 Å². The van der Waals surface area contributed by atoms with Gasteiger partial charge in [0.05, 0.1) is 5.69 Å². The number of rotatable bonds is 7. The van der Waals surface area contributed by atoms with E-state index < -0.39 is 0 Å². The minimum Gasteiger partial charge on any atom is -0.304 e. The van der Waals surface area contributed by atoms with E-state index >= 15 is 0 Å². The zero-order chi connectivity index (χ0) is 23.4. The number of hydrogen-bond donors (Lipinski definition) is 0. The van der Waals surface area contributed by atoms with Crippen LogP contribution in [0.15, 0.2) is 53.3 Å². The van der Waals surface area contributed by atoms with Gasteiger partial charge in [-0.1, -0.05) is 23.7 Å². The summed E-state index contributed by atoms with van der Waals surface area (Å²) >= 11 is 6.10. The molecular formula is C26H30ClFN4O. The van der Waals surface area contributed by atoms with Gasteiger partial charge in [0, 0.05) is 55.4 Å². The van der Waals surface area contributed by atoms with Gasteiger partial charge in [0.25, 0.3) is 5.56 Å². The van der Waals surface area contributed by atoms with Gasteiger partial charge in [0.1, 0.15) is 5.82 Å². The molecule has 2 heterocycles. The molecule has 33 heavy (non-hydrogen) atoms. The molecular weight excluding hydrogens is 439 g/mol. The summed E-state index contributed by atoms with van der Waals surface area (Å²) in [5.41, 5.74) is 3.89. The molecule has 3 aromatic rings. The van der Waals surface area contributed by atoms with Crippen molar-refractivity contribution in [2.24, 2.45) is 0 Å². The van der Waals surface area contributed by atoms with E-state index in [1.165, 1.54) is 6.07 Å². The van der Waals surface area contributed by atoms with Crippen molar-refractivity contribution in [1.82, 2.24) is 19.6 Å². The Morgan fingerprint density at radius 2 is 1.85 bits per heavy atom. The van der Waals surface area contributed by atoms with Gasteiger partial charge >= 0.3 is 0 Å². The molecule has 2 aromatic carbocycles. The minimum atomic E-state index is -0.244. The Bertz CT molecular complexity index is 1170. The smallest absolute Gasteiger partial charge is 0.271 e. The molecule has 1 saturated heterocycles. The van der Waals surface area contributed by atoms with Gasteiger partial charge in [-0.3, -0.25) is 9.69 Å². The first-order chi connectivity index (χ1) is 15.9. The van der Waals surface area contributed by atoms with Gasteiger partial charge in [-0.05, 0) is 74.3 Å². The van der Waals surface area contributed by atoms with Crippen LogP contribution in [0.5, 0.6) is 0 Å². The Morgan fingerprint density at radius 1 is 1.06 bits per heavy atom. The zero-order valence-electron chi connectivity index (χ0n) is 19.2. The van der Waals surface area contributed by atoms with E-state index in [1.54, 1.807) is 23.7 Å². The molecule has 5 nitrogen and oxygen atoms in total. The lowest BCUT2D eigenvalue weighted by atomic mass is 10.1. The number of likely N-dealkylation sites (N-methyl/N-ethyl adjacent to an activating group) is 1. The van der Waals surface area contributed by atoms with E-state index in [0.29, 0.717) is 29.4 Å². The third-order valence-corrected chi connectivity index (χ3v) is 6.45. The third-order valence-electron chi connectivity index (χ3n) is 6.22. The fourth-order valence-electron chi connectivity index (χ4n) is 4.18. The van der Waals surface area contributed by atoms with Gasteiger partial charge in [0.2, 0.25) is 0 Å². The highest BCUT2D eigenvalue weighted by molar-refractivity contribution is 6.30. The van der Waals surface area contributed by atoms with Crippen LogP contribution in [-0.4, -0.2) is 52.8 Å². The standard InChI is InChI=1S/C26H30ClFN4O/c1-19-15-21(8-9-24(19)28)25-17-22(18-31-13-11-30(2)12-14-31)26(33)32(29-25)10-4-6-20-5-3-7-23(27)16-20/h3,5,7-9,15-17H,4,6,10-14,18H2,1-2H3. The molecule has 0 unspecified atom stereocenters. The van der Waals surface area contributed by atoms with Crippen molar-refractivity contribution in [1.29, 1.82) is 0 Å². The van der Waals surface area contributed by atoms with E-state index in [1.807, 2.05) is 30.3 Å². The SMILES string of the molecule is Cc1cc(-c2cc(CN3CCN(C)CC3)c(=O)n(CCCc3cccc(Cl)c3)n2)ccc1F. The predicted molar refractivity (Wildman–Crippen MR) is 131 cm³/mol. The quantitative estimate of drug-likeness (QED) is 0.515. The lowest BCUT2D eigenvalue weighted by molar-refractivity contribution is 0.147. The Kier molecular flexibility index (Phi) is 7.58. The molecule has 0 bridgehead atoms. The van der Waals surface area contributed by atoms with Gasteiger partial charge in [0.15, 0.2) is 0 Å². The Morgan fingerprint density at radius 3 is 2.58 bits per heavy atom. The predicted octanol–water partition coefficient (Wildman–Crippen LogP) is 4.39. The topological polar surface area (TPSA) is 41.4 Å². The summed E-state index contributed by atoms with van der Waals surface area (Å²) in [6.45, 7) is 6.68. The highest BCUT2D eigenvalue weighted by Crippen LogP contribution is 2.21. The van der Waals surface area contributed by atoms with Crippen LogP contribution in [0.25, 0.3) is 11.3 Å². The van der Waals surface area contributed by atoms with Crippen LogP contribution in [0, 0.1) is 12.7 Å². The summed E-state index contributed by atoms with van der Waals surface area (Å²) in [5.74, 6) is -0.244. The molecule has 0 N–H and O–H groups in total. The molecule has 0 saturated carbocycles. The molecule has 0 amide bonds. The first-order valence-corrected chi connectivity index (χ1v) is 11.8. The maximum absolute atomic E-state index is 13.8. The summed E-state index contributed by atoms with van der Waals surface area (Å²) in [5, 5.41) is 5.37. The number of aromatic nitrogens is 2. The molecule has 1 fully saturated rings. The first kappa shape index (κ1) is 23.6. The second-order valence-corrected chi connectivity index (χ2v) is 9.30. The van der Waals surface area contributed by atoms with Gasteiger partial charge < -0.3 is 4.90 Å². The largest absolute Gasteiger partial charge is 0.304 e. The second-order valence-electron chi connectivity index (χ2n) is 8.86. The van der Waals surface area contributed by atoms with Crippen LogP contribution in [0.1, 0.15) is 23.1 Å². The average molecular weight is 469 g/mol. The Hall–Kier alpha value is -2.54. The molecule has 0 aliphatic carbocycles. The van der Waals surface area contributed by atoms with E-state index in [-0.39, 0.29) is 11.4 Å². The van der Waals surface area contributed by atoms with Crippen molar-refractivity contribution in [3.8, 4) is 11.3 Å². The minimum absolute atomic E-state index is 0.0531. The second kappa shape index (κ2) is 10.6. The summed E-state index contributed by atoms with van der Waals surface area (Å²) in [7, 11) is 2.12. The fourth-order valence-corrected chi connectivity index (χ4v) is 4.39. The third kappa shape index (κ3) is 6.08. The van der Waals surface area contributed by atoms with Gasteiger partial charge in [-0.2, -0.15) is 5.10 Å². The summed E-state index contributed by atoms with van der Waals surface area (Å²) in [6, 6.07) is 14.6. The van der Waals surface area contributed by atoms with E-state index in [2.05, 4.69) is 21.9 Å². The summed E-state index contributed by atoms with van der Waals surface area (Å²) in [6.07, 6.45) is 1.58. The van der Waals surface area contributed by atoms with Crippen LogP contribution in [0.4, 0.5) is 4.39 Å². The highest BCUT2D eigenvalue weighted by atomic mass is 35.5. The molecule has 0 radical (unpaired) electrons. The molecule has 1 aliphatic rings. The van der Waals surface area contributed by atoms with Crippen LogP contribution in [0.2, 0.25) is 5.02 Å². The van der Waals surface area contributed by atoms with Crippen LogP contribution in [0.3, 0.4) is 0 Å². The summed E-state index contributed by atoms with van der Waals surface area (Å²) in [4.78, 5) is 17.9. The number of piperazine rings is 1. The maximum atomic E-state index is 13.8. The molecule has 4 rings (SSSR count). The lowest BCUT2D eigenvalue weighted by Crippen LogP contribution is -2.45. The van der Waals surface area contributed by atoms with Crippen molar-refractivity contribution in [2.45, 2.75) is 32.9 Å². The maximum Gasteiger partial charge on any atom is 0.271 e. The van der Waals surface area contributed by atoms with Crippen molar-refractivity contribution in [3.05, 3.63) is 86.4 Å². The number of nitrogens with zero attached hydrogens (tertiary/aromatic N) is 4. The number of benzene rings is 2. The van der Waals surface area contributed by atoms with Crippen molar-refractivity contribution >= 4 is 11.6 Å². The zero-order valence-corrected chi connectivity index (χ0v) is 20.0. The normalized spacial score (nSPS) is 15.2. The number of hydrogen-bond acceptors (Lipinski definition) is 4. The molecule has 174 valence electrons. The van der Waals surface area contributed by atoms with Crippen LogP contribution >= 0.6 is 11.6 Å². The van der Waals surface area contributed by atoms with Crippen molar-refractivity contribution in [2.75, 3.05) is 33.2 Å². The molecule has 0 spiro atoms. The van der Waals surface area contributed by atoms with E-state index in [9.17, 15) is 9.18 Å². The van der Waals surface area contributed by atoms with Crippen molar-refractivity contribution in [3.63, 3.8) is 0 Å². The van der Waals surface area contributed by atoms with E-state index in [4.69, 9.17) is 11.6 Å². The fraction of sp³-hybridized carbons (Fsp3) is 0.385. The molecule has 0 atom stereocenters. The molecule has 1 aromatic heterocycles.